The number of rotatable bonds is 5. The number of amides is 2. The van der Waals surface area contributed by atoms with Gasteiger partial charge in [0.05, 0.1) is 29.2 Å². The van der Waals surface area contributed by atoms with Crippen LogP contribution < -0.4 is 14.4 Å². The molecule has 0 bridgehead atoms. The lowest BCUT2D eigenvalue weighted by Gasteiger charge is -2.34. The van der Waals surface area contributed by atoms with Gasteiger partial charge in [0.1, 0.15) is 5.75 Å². The molecule has 4 rings (SSSR count). The van der Waals surface area contributed by atoms with E-state index in [-0.39, 0.29) is 18.2 Å². The van der Waals surface area contributed by atoms with E-state index in [1.807, 2.05) is 0 Å². The number of hydrogen-bond donors (Lipinski definition) is 1. The Morgan fingerprint density at radius 2 is 1.72 bits per heavy atom. The molecule has 9 heteroatoms. The lowest BCUT2D eigenvalue weighted by atomic mass is 10.1. The van der Waals surface area contributed by atoms with Crippen LogP contribution in [0.1, 0.15) is 36.5 Å². The fraction of sp³-hybridized carbons (Fsp3) is 0.391. The maximum absolute atomic E-state index is 13.1. The van der Waals surface area contributed by atoms with E-state index in [4.69, 9.17) is 4.74 Å². The number of carbonyl (C=O) groups excluding carboxylic acids is 2. The van der Waals surface area contributed by atoms with E-state index in [0.717, 1.165) is 19.3 Å². The predicted molar refractivity (Wildman–Crippen MR) is 122 cm³/mol. The standard InChI is InChI=1S/C23H27N3O5S/c1-2-32(29,30)26-16-21(31-20-13-7-6-12-19(20)26)22(27)24-18-11-5-4-10-17(18)23(28)25-14-8-3-9-15-25/h4-7,10-13,21H,2-3,8-9,14-16H2,1H3,(H,24,27)/t21-/m1/s1. The number of hydrogen-bond acceptors (Lipinski definition) is 5. The highest BCUT2D eigenvalue weighted by Gasteiger charge is 2.36. The summed E-state index contributed by atoms with van der Waals surface area (Å²) in [5, 5.41) is 2.79. The van der Waals surface area contributed by atoms with E-state index >= 15 is 0 Å². The summed E-state index contributed by atoms with van der Waals surface area (Å²) < 4.78 is 32.4. The first-order valence-electron chi connectivity index (χ1n) is 10.9. The zero-order valence-corrected chi connectivity index (χ0v) is 18.8. The number of benzene rings is 2. The van der Waals surface area contributed by atoms with Crippen LogP contribution in [-0.4, -0.2) is 56.6 Å². The molecule has 0 saturated carbocycles. The van der Waals surface area contributed by atoms with Crippen LogP contribution >= 0.6 is 0 Å². The molecule has 2 aliphatic rings. The third-order valence-corrected chi connectivity index (χ3v) is 7.53. The van der Waals surface area contributed by atoms with Gasteiger partial charge < -0.3 is 15.0 Å². The number of fused-ring (bicyclic) bond motifs is 1. The van der Waals surface area contributed by atoms with Crippen LogP contribution in [0.4, 0.5) is 11.4 Å². The molecule has 0 radical (unpaired) electrons. The van der Waals surface area contributed by atoms with E-state index in [1.165, 1.54) is 4.31 Å². The first-order valence-corrected chi connectivity index (χ1v) is 12.5. The Morgan fingerprint density at radius 1 is 1.03 bits per heavy atom. The molecule has 8 nitrogen and oxygen atoms in total. The highest BCUT2D eigenvalue weighted by atomic mass is 32.2. The Kier molecular flexibility index (Phi) is 6.36. The molecule has 2 aromatic carbocycles. The normalized spacial score (nSPS) is 18.5. The molecule has 170 valence electrons. The number of ether oxygens (including phenoxy) is 1. The van der Waals surface area contributed by atoms with Crippen molar-refractivity contribution in [3.05, 3.63) is 54.1 Å². The molecule has 1 saturated heterocycles. The van der Waals surface area contributed by atoms with Crippen LogP contribution in [0.3, 0.4) is 0 Å². The van der Waals surface area contributed by atoms with Gasteiger partial charge in [-0.1, -0.05) is 24.3 Å². The molecule has 2 aromatic rings. The van der Waals surface area contributed by atoms with Gasteiger partial charge >= 0.3 is 0 Å². The lowest BCUT2D eigenvalue weighted by Crippen LogP contribution is -2.49. The smallest absolute Gasteiger partial charge is 0.267 e. The summed E-state index contributed by atoms with van der Waals surface area (Å²) in [5.74, 6) is -0.392. The van der Waals surface area contributed by atoms with Crippen LogP contribution in [0.2, 0.25) is 0 Å². The summed E-state index contributed by atoms with van der Waals surface area (Å²) in [6.07, 6.45) is 2.00. The molecule has 0 unspecified atom stereocenters. The van der Waals surface area contributed by atoms with Crippen molar-refractivity contribution in [2.24, 2.45) is 0 Å². The average molecular weight is 458 g/mol. The summed E-state index contributed by atoms with van der Waals surface area (Å²) in [7, 11) is -3.60. The molecule has 2 aliphatic heterocycles. The highest BCUT2D eigenvalue weighted by molar-refractivity contribution is 7.92. The lowest BCUT2D eigenvalue weighted by molar-refractivity contribution is -0.122. The Hall–Kier alpha value is -3.07. The predicted octanol–water partition coefficient (Wildman–Crippen LogP) is 2.87. The van der Waals surface area contributed by atoms with Crippen molar-refractivity contribution in [2.45, 2.75) is 32.3 Å². The van der Waals surface area contributed by atoms with Gasteiger partial charge in [-0.15, -0.1) is 0 Å². The molecule has 2 amide bonds. The zero-order chi connectivity index (χ0) is 22.7. The number of para-hydroxylation sites is 3. The van der Waals surface area contributed by atoms with E-state index in [9.17, 15) is 18.0 Å². The molecule has 0 spiro atoms. The molecule has 32 heavy (non-hydrogen) atoms. The van der Waals surface area contributed by atoms with Gasteiger partial charge in [-0.25, -0.2) is 8.42 Å². The molecule has 0 aromatic heterocycles. The summed E-state index contributed by atoms with van der Waals surface area (Å²) in [5.41, 5.74) is 1.22. The third kappa shape index (κ3) is 4.43. The number of anilines is 2. The summed E-state index contributed by atoms with van der Waals surface area (Å²) in [4.78, 5) is 27.9. The Balaban J connectivity index is 1.57. The second-order valence-corrected chi connectivity index (χ2v) is 10.1. The maximum atomic E-state index is 13.1. The van der Waals surface area contributed by atoms with Gasteiger partial charge in [0.2, 0.25) is 10.0 Å². The number of carbonyl (C=O) groups is 2. The fourth-order valence-electron chi connectivity index (χ4n) is 4.02. The zero-order valence-electron chi connectivity index (χ0n) is 18.0. The first kappa shape index (κ1) is 22.1. The second-order valence-electron chi connectivity index (χ2n) is 7.89. The van der Waals surface area contributed by atoms with E-state index < -0.39 is 22.0 Å². The molecule has 1 N–H and O–H groups in total. The molecule has 0 aliphatic carbocycles. The Morgan fingerprint density at radius 3 is 2.47 bits per heavy atom. The van der Waals surface area contributed by atoms with Crippen molar-refractivity contribution < 1.29 is 22.7 Å². The highest BCUT2D eigenvalue weighted by Crippen LogP contribution is 2.35. The second kappa shape index (κ2) is 9.20. The molecular weight excluding hydrogens is 430 g/mol. The summed E-state index contributed by atoms with van der Waals surface area (Å²) in [6, 6.07) is 13.6. The number of piperidine rings is 1. The van der Waals surface area contributed by atoms with Crippen LogP contribution in [0, 0.1) is 0 Å². The number of likely N-dealkylation sites (tertiary alicyclic amines) is 1. The summed E-state index contributed by atoms with van der Waals surface area (Å²) in [6.45, 7) is 2.83. The first-order chi connectivity index (χ1) is 15.4. The third-order valence-electron chi connectivity index (χ3n) is 5.79. The molecule has 2 heterocycles. The number of nitrogens with one attached hydrogen (secondary N) is 1. The van der Waals surface area contributed by atoms with E-state index in [0.29, 0.717) is 35.8 Å². The Bertz CT molecular complexity index is 1110. The van der Waals surface area contributed by atoms with Gasteiger partial charge in [0.25, 0.3) is 11.8 Å². The summed E-state index contributed by atoms with van der Waals surface area (Å²) >= 11 is 0. The van der Waals surface area contributed by atoms with Gasteiger partial charge in [0.15, 0.2) is 6.10 Å². The van der Waals surface area contributed by atoms with Gasteiger partial charge in [-0.2, -0.15) is 0 Å². The monoisotopic (exact) mass is 457 g/mol. The maximum Gasteiger partial charge on any atom is 0.267 e. The van der Waals surface area contributed by atoms with Gasteiger partial charge in [0, 0.05) is 13.1 Å². The van der Waals surface area contributed by atoms with Crippen molar-refractivity contribution in [1.82, 2.24) is 4.90 Å². The largest absolute Gasteiger partial charge is 0.476 e. The van der Waals surface area contributed by atoms with Crippen molar-refractivity contribution in [3.8, 4) is 5.75 Å². The minimum Gasteiger partial charge on any atom is -0.476 e. The van der Waals surface area contributed by atoms with Crippen LogP contribution in [0.25, 0.3) is 0 Å². The van der Waals surface area contributed by atoms with Crippen molar-refractivity contribution in [1.29, 1.82) is 0 Å². The van der Waals surface area contributed by atoms with Crippen LogP contribution in [0.15, 0.2) is 48.5 Å². The average Bonchev–Trinajstić information content (AvgIpc) is 2.83. The quantitative estimate of drug-likeness (QED) is 0.745. The van der Waals surface area contributed by atoms with E-state index in [2.05, 4.69) is 5.32 Å². The number of sulfonamides is 1. The van der Waals surface area contributed by atoms with Crippen molar-refractivity contribution in [2.75, 3.05) is 35.0 Å². The fourth-order valence-corrected chi connectivity index (χ4v) is 5.14. The van der Waals surface area contributed by atoms with Gasteiger partial charge in [-0.05, 0) is 50.5 Å². The molecule has 1 fully saturated rings. The van der Waals surface area contributed by atoms with E-state index in [1.54, 1.807) is 60.4 Å². The van der Waals surface area contributed by atoms with Gasteiger partial charge in [-0.3, -0.25) is 13.9 Å². The topological polar surface area (TPSA) is 96.0 Å². The Labute approximate surface area is 188 Å². The van der Waals surface area contributed by atoms with Crippen molar-refractivity contribution >= 4 is 33.2 Å². The minimum absolute atomic E-state index is 0.0944. The van der Waals surface area contributed by atoms with Crippen LogP contribution in [0.5, 0.6) is 5.75 Å². The SMILES string of the molecule is CCS(=O)(=O)N1C[C@H](C(=O)Nc2ccccc2C(=O)N2CCCCC2)Oc2ccccc21. The van der Waals surface area contributed by atoms with Crippen LogP contribution in [-0.2, 0) is 14.8 Å². The molecular formula is C23H27N3O5S. The molecule has 1 atom stereocenters. The number of nitrogens with zero attached hydrogens (tertiary/aromatic N) is 2. The van der Waals surface area contributed by atoms with Crippen molar-refractivity contribution in [3.63, 3.8) is 0 Å². The minimum atomic E-state index is -3.60.